The molecule has 0 fully saturated rings. The number of esters is 1. The number of hydrogen-bond donors (Lipinski definition) is 0. The Labute approximate surface area is 315 Å². The van der Waals surface area contributed by atoms with Gasteiger partial charge in [0.1, 0.15) is 18.1 Å². The van der Waals surface area contributed by atoms with Gasteiger partial charge in [-0.15, -0.1) is 0 Å². The van der Waals surface area contributed by atoms with Crippen LogP contribution < -0.4 is 9.47 Å². The van der Waals surface area contributed by atoms with Gasteiger partial charge in [-0.1, -0.05) is 134 Å². The Morgan fingerprint density at radius 2 is 1.00 bits per heavy atom. The third kappa shape index (κ3) is 13.3. The lowest BCUT2D eigenvalue weighted by Crippen LogP contribution is -2.58. The topological polar surface area (TPSA) is 94.0 Å². The van der Waals surface area contributed by atoms with E-state index in [1.807, 2.05) is 0 Å². The van der Waals surface area contributed by atoms with Crippen molar-refractivity contribution in [3.8, 4) is 11.5 Å². The van der Waals surface area contributed by atoms with Gasteiger partial charge in [0.2, 0.25) is 0 Å². The Bertz CT molecular complexity index is 1310. The maximum atomic E-state index is 13.8. The second-order valence-electron chi connectivity index (χ2n) is 15.4. The minimum absolute atomic E-state index is 0.00583. The molecule has 8 nitrogen and oxygen atoms in total. The van der Waals surface area contributed by atoms with Gasteiger partial charge in [-0.2, -0.15) is 0 Å². The van der Waals surface area contributed by atoms with E-state index in [0.717, 1.165) is 30.7 Å². The lowest BCUT2D eigenvalue weighted by atomic mass is 9.83. The molecule has 3 rings (SSSR count). The van der Waals surface area contributed by atoms with Gasteiger partial charge in [-0.05, 0) is 82.1 Å². The van der Waals surface area contributed by atoms with Crippen molar-refractivity contribution in [1.82, 2.24) is 5.06 Å². The SMILES string of the molecule is CCCCCCCCCCCCOc1ccc(C(=O)OC[C@@]2(C)[N+]([O-])=C(c3ccc(OCCCCCCCCCCCC)cc3)N([O])C2(C)C)cc1. The predicted octanol–water partition coefficient (Wildman–Crippen LogP) is 11.6. The molecule has 0 bridgehead atoms. The summed E-state index contributed by atoms with van der Waals surface area (Å²) >= 11 is 0. The summed E-state index contributed by atoms with van der Waals surface area (Å²) in [5, 5.41) is 28.1. The maximum Gasteiger partial charge on any atom is 0.338 e. The Morgan fingerprint density at radius 1 is 0.615 bits per heavy atom. The summed E-state index contributed by atoms with van der Waals surface area (Å²) in [6.07, 6.45) is 25.4. The first-order valence-corrected chi connectivity index (χ1v) is 20.6. The summed E-state index contributed by atoms with van der Waals surface area (Å²) in [6, 6.07) is 14.0. The molecule has 0 amide bonds. The van der Waals surface area contributed by atoms with Crippen molar-refractivity contribution in [3.63, 3.8) is 0 Å². The fourth-order valence-corrected chi connectivity index (χ4v) is 6.75. The maximum absolute atomic E-state index is 13.8. The minimum atomic E-state index is -1.32. The molecule has 0 aromatic heterocycles. The smallest absolute Gasteiger partial charge is 0.338 e. The summed E-state index contributed by atoms with van der Waals surface area (Å²) < 4.78 is 18.2. The molecule has 291 valence electrons. The van der Waals surface area contributed by atoms with Crippen LogP contribution in [0.3, 0.4) is 0 Å². The molecule has 8 heteroatoms. The standard InChI is InChI=1S/C44H69N2O6/c1-6-8-10-12-14-16-18-20-22-24-34-50-39-30-26-37(27-31-39)41-45(48)43(3,4)44(5,46(41)49)36-52-42(47)38-28-32-40(33-29-38)51-35-25-23-21-19-17-15-13-11-9-7-2/h26-33H,6-25,34-36H2,1-5H3/t44-/m1/s1. The average Bonchev–Trinajstić information content (AvgIpc) is 3.28. The van der Waals surface area contributed by atoms with E-state index in [4.69, 9.17) is 14.2 Å². The molecule has 1 aliphatic heterocycles. The van der Waals surface area contributed by atoms with Crippen molar-refractivity contribution in [2.24, 2.45) is 0 Å². The van der Waals surface area contributed by atoms with Crippen LogP contribution in [-0.4, -0.2) is 52.5 Å². The molecule has 0 unspecified atom stereocenters. The first kappa shape index (κ1) is 43.1. The number of nitrogens with zero attached hydrogens (tertiary/aromatic N) is 2. The number of carbonyl (C=O) groups is 1. The van der Waals surface area contributed by atoms with E-state index in [0.29, 0.717) is 40.6 Å². The number of hydrogen-bond acceptors (Lipinski definition) is 6. The Balaban J connectivity index is 1.42. The highest BCUT2D eigenvalue weighted by Gasteiger charge is 2.63. The Kier molecular flexibility index (Phi) is 19.4. The molecular formula is C44H69N2O6. The number of benzene rings is 2. The molecular weight excluding hydrogens is 652 g/mol. The van der Waals surface area contributed by atoms with Crippen molar-refractivity contribution >= 4 is 11.8 Å². The fraction of sp³-hybridized carbons (Fsp3) is 0.682. The van der Waals surface area contributed by atoms with Crippen molar-refractivity contribution in [2.45, 2.75) is 174 Å². The first-order valence-electron chi connectivity index (χ1n) is 20.6. The van der Waals surface area contributed by atoms with Gasteiger partial charge in [-0.25, -0.2) is 4.79 Å². The van der Waals surface area contributed by atoms with Crippen molar-refractivity contribution in [1.29, 1.82) is 0 Å². The zero-order chi connectivity index (χ0) is 37.7. The molecule has 0 saturated carbocycles. The van der Waals surface area contributed by atoms with E-state index in [1.54, 1.807) is 69.3 Å². The molecule has 1 heterocycles. The summed E-state index contributed by atoms with van der Waals surface area (Å²) in [4.78, 5) is 13.0. The second-order valence-corrected chi connectivity index (χ2v) is 15.4. The number of hydroxylamine groups is 3. The number of unbranched alkanes of at least 4 members (excludes halogenated alkanes) is 18. The number of ether oxygens (including phenoxy) is 3. The highest BCUT2D eigenvalue weighted by Crippen LogP contribution is 2.38. The molecule has 1 atom stereocenters. The molecule has 2 aromatic carbocycles. The molecule has 52 heavy (non-hydrogen) atoms. The number of amidine groups is 1. The molecule has 0 saturated heterocycles. The monoisotopic (exact) mass is 722 g/mol. The summed E-state index contributed by atoms with van der Waals surface area (Å²) in [6.45, 7) is 10.6. The molecule has 2 aromatic rings. The molecule has 0 spiro atoms. The van der Waals surface area contributed by atoms with Crippen LogP contribution in [-0.2, 0) is 9.94 Å². The van der Waals surface area contributed by atoms with E-state index in [-0.39, 0.29) is 12.4 Å². The minimum Gasteiger partial charge on any atom is -0.714 e. The third-order valence-electron chi connectivity index (χ3n) is 10.9. The molecule has 0 N–H and O–H groups in total. The summed E-state index contributed by atoms with van der Waals surface area (Å²) in [5.74, 6) is 0.855. The zero-order valence-corrected chi connectivity index (χ0v) is 33.2. The lowest BCUT2D eigenvalue weighted by Gasteiger charge is -2.35. The van der Waals surface area contributed by atoms with Crippen LogP contribution in [0.25, 0.3) is 0 Å². The van der Waals surface area contributed by atoms with E-state index < -0.39 is 17.0 Å². The second kappa shape index (κ2) is 23.4. The van der Waals surface area contributed by atoms with Crippen LogP contribution in [0.5, 0.6) is 11.5 Å². The van der Waals surface area contributed by atoms with Crippen LogP contribution in [0.2, 0.25) is 0 Å². The third-order valence-corrected chi connectivity index (χ3v) is 10.9. The summed E-state index contributed by atoms with van der Waals surface area (Å²) in [7, 11) is 0. The molecule has 0 aliphatic carbocycles. The quantitative estimate of drug-likeness (QED) is 0.0376. The number of rotatable bonds is 28. The highest BCUT2D eigenvalue weighted by atomic mass is 16.6. The van der Waals surface area contributed by atoms with Gasteiger partial charge in [-0.3, -0.25) is 4.74 Å². The average molecular weight is 722 g/mol. The van der Waals surface area contributed by atoms with Crippen LogP contribution in [0.15, 0.2) is 48.5 Å². The Hall–Kier alpha value is -3.26. The first-order chi connectivity index (χ1) is 25.2. The van der Waals surface area contributed by atoms with Gasteiger partial charge < -0.3 is 19.4 Å². The van der Waals surface area contributed by atoms with Gasteiger partial charge in [0.25, 0.3) is 0 Å². The van der Waals surface area contributed by atoms with Crippen LogP contribution in [0.4, 0.5) is 0 Å². The Morgan fingerprint density at radius 3 is 1.42 bits per heavy atom. The zero-order valence-electron chi connectivity index (χ0n) is 33.2. The van der Waals surface area contributed by atoms with Gasteiger partial charge in [0.15, 0.2) is 11.1 Å². The predicted molar refractivity (Wildman–Crippen MR) is 211 cm³/mol. The van der Waals surface area contributed by atoms with Crippen molar-refractivity contribution in [2.75, 3.05) is 19.8 Å². The van der Waals surface area contributed by atoms with Crippen LogP contribution >= 0.6 is 0 Å². The van der Waals surface area contributed by atoms with Crippen LogP contribution in [0.1, 0.15) is 179 Å². The molecule has 1 aliphatic rings. The van der Waals surface area contributed by atoms with Gasteiger partial charge in [0, 0.05) is 5.21 Å². The van der Waals surface area contributed by atoms with Gasteiger partial charge in [0.05, 0.1) is 24.3 Å². The molecule has 1 radical (unpaired) electrons. The largest absolute Gasteiger partial charge is 0.714 e. The summed E-state index contributed by atoms with van der Waals surface area (Å²) in [5.41, 5.74) is -1.63. The normalized spacial score (nSPS) is 16.8. The van der Waals surface area contributed by atoms with E-state index >= 15 is 0 Å². The fourth-order valence-electron chi connectivity index (χ4n) is 6.75. The van der Waals surface area contributed by atoms with Gasteiger partial charge >= 0.3 is 11.8 Å². The lowest BCUT2D eigenvalue weighted by molar-refractivity contribution is -0.548. The van der Waals surface area contributed by atoms with Crippen molar-refractivity contribution < 1.29 is 29.0 Å². The van der Waals surface area contributed by atoms with E-state index in [2.05, 4.69) is 13.8 Å². The highest BCUT2D eigenvalue weighted by molar-refractivity contribution is 5.96. The number of carbonyl (C=O) groups excluding carboxylic acids is 1. The van der Waals surface area contributed by atoms with E-state index in [1.165, 1.54) is 103 Å². The van der Waals surface area contributed by atoms with Crippen LogP contribution in [0, 0.1) is 5.21 Å². The van der Waals surface area contributed by atoms with E-state index in [9.17, 15) is 15.2 Å². The van der Waals surface area contributed by atoms with Crippen molar-refractivity contribution in [3.05, 3.63) is 64.9 Å².